The van der Waals surface area contributed by atoms with Crippen molar-refractivity contribution in [1.82, 2.24) is 0 Å². The number of hydrogen-bond donors (Lipinski definition) is 0. The van der Waals surface area contributed by atoms with E-state index < -0.39 is 8.07 Å². The molecule has 0 aliphatic heterocycles. The van der Waals surface area contributed by atoms with E-state index in [0.717, 1.165) is 0 Å². The van der Waals surface area contributed by atoms with E-state index in [1.807, 2.05) is 0 Å². The lowest BCUT2D eigenvalue weighted by Crippen LogP contribution is -2.22. The molecule has 0 aromatic rings. The smallest absolute Gasteiger partial charge is 0.226 e. The lowest BCUT2D eigenvalue weighted by atomic mass is 11.7. The molecular formula is C5H14N2Si. The Labute approximate surface area is 52.2 Å². The molecule has 0 aromatic heterocycles. The maximum absolute atomic E-state index is 8.01. The maximum Gasteiger partial charge on any atom is 0.226 e. The molecule has 48 valence electrons. The number of hydrogen-bond acceptors (Lipinski definition) is 0. The maximum atomic E-state index is 8.01. The highest BCUT2D eigenvalue weighted by Crippen LogP contribution is 1.91. The minimum atomic E-state index is -1.20. The van der Waals surface area contributed by atoms with Crippen LogP contribution in [0, 0.1) is 0 Å². The van der Waals surface area contributed by atoms with Crippen molar-refractivity contribution < 1.29 is 4.79 Å². The largest absolute Gasteiger partial charge is 0.363 e. The zero-order valence-electron chi connectivity index (χ0n) is 4.97. The van der Waals surface area contributed by atoms with E-state index in [-0.39, 0.29) is 7.43 Å². The standard InChI is InChI=1S/C4H10N2Si.CH4/c1-7(2,3)4-6-5;/h4H,1-3H3;1H4. The molecule has 0 spiro atoms. The Morgan fingerprint density at radius 3 is 1.75 bits per heavy atom. The fraction of sp³-hybridized carbons (Fsp3) is 0.800. The van der Waals surface area contributed by atoms with E-state index in [4.69, 9.17) is 5.53 Å². The van der Waals surface area contributed by atoms with E-state index >= 15 is 0 Å². The van der Waals surface area contributed by atoms with E-state index in [2.05, 4.69) is 24.4 Å². The number of nitrogens with zero attached hydrogens (tertiary/aromatic N) is 2. The van der Waals surface area contributed by atoms with Crippen molar-refractivity contribution in [1.29, 1.82) is 0 Å². The minimum Gasteiger partial charge on any atom is -0.363 e. The molecule has 0 fully saturated rings. The van der Waals surface area contributed by atoms with E-state index in [0.29, 0.717) is 0 Å². The number of rotatable bonds is 1. The van der Waals surface area contributed by atoms with Crippen LogP contribution in [0.1, 0.15) is 7.43 Å². The van der Waals surface area contributed by atoms with Crippen LogP contribution in [0.2, 0.25) is 19.6 Å². The first-order valence-electron chi connectivity index (χ1n) is 2.25. The first-order chi connectivity index (χ1) is 3.06. The summed E-state index contributed by atoms with van der Waals surface area (Å²) in [5.41, 5.74) is 8.01. The summed E-state index contributed by atoms with van der Waals surface area (Å²) >= 11 is 0. The van der Waals surface area contributed by atoms with E-state index in [9.17, 15) is 0 Å². The highest BCUT2D eigenvalue weighted by Gasteiger charge is 2.14. The van der Waals surface area contributed by atoms with Gasteiger partial charge in [-0.2, -0.15) is 4.79 Å². The second-order valence-corrected chi connectivity index (χ2v) is 7.60. The zero-order valence-corrected chi connectivity index (χ0v) is 5.97. The molecular weight excluding hydrogens is 116 g/mol. The fourth-order valence-electron chi connectivity index (χ4n) is 0.173. The van der Waals surface area contributed by atoms with Crippen molar-refractivity contribution in [3.63, 3.8) is 0 Å². The third-order valence-electron chi connectivity index (χ3n) is 0.445. The summed E-state index contributed by atoms with van der Waals surface area (Å²) in [7, 11) is -1.20. The fourth-order valence-corrected chi connectivity index (χ4v) is 0.520. The third kappa shape index (κ3) is 9.14. The molecule has 0 unspecified atom stereocenters. The van der Waals surface area contributed by atoms with Crippen LogP contribution in [-0.4, -0.2) is 18.7 Å². The Bertz CT molecular complexity index is 97.5. The van der Waals surface area contributed by atoms with Crippen molar-refractivity contribution in [2.24, 2.45) is 0 Å². The lowest BCUT2D eigenvalue weighted by molar-refractivity contribution is 0.00680. The molecule has 0 atom stereocenters. The Morgan fingerprint density at radius 1 is 1.38 bits per heavy atom. The molecule has 2 nitrogen and oxygen atoms in total. The molecule has 8 heavy (non-hydrogen) atoms. The summed E-state index contributed by atoms with van der Waals surface area (Å²) in [6.07, 6.45) is 0. The predicted octanol–water partition coefficient (Wildman–Crippen LogP) is 1.80. The van der Waals surface area contributed by atoms with Gasteiger partial charge < -0.3 is 5.53 Å². The summed E-state index contributed by atoms with van der Waals surface area (Å²) in [5.74, 6) is 1.63. The zero-order chi connectivity index (χ0) is 5.91. The third-order valence-corrected chi connectivity index (χ3v) is 1.34. The van der Waals surface area contributed by atoms with Gasteiger partial charge in [-0.05, 0) is 0 Å². The van der Waals surface area contributed by atoms with Crippen LogP contribution in [0.4, 0.5) is 0 Å². The predicted molar refractivity (Wildman–Crippen MR) is 39.8 cm³/mol. The Kier molecular flexibility index (Phi) is 4.72. The van der Waals surface area contributed by atoms with E-state index in [1.165, 1.54) is 0 Å². The second kappa shape index (κ2) is 3.58. The summed E-state index contributed by atoms with van der Waals surface area (Å²) in [5, 5.41) is 0. The van der Waals surface area contributed by atoms with Crippen LogP contribution in [0.3, 0.4) is 0 Å². The normalized spacial score (nSPS) is 8.88. The first-order valence-corrected chi connectivity index (χ1v) is 5.82. The monoisotopic (exact) mass is 130 g/mol. The summed E-state index contributed by atoms with van der Waals surface area (Å²) in [6.45, 7) is 6.31. The van der Waals surface area contributed by atoms with Crippen molar-refractivity contribution in [2.45, 2.75) is 27.1 Å². The van der Waals surface area contributed by atoms with Gasteiger partial charge in [0.15, 0.2) is 8.07 Å². The molecule has 0 rings (SSSR count). The van der Waals surface area contributed by atoms with Crippen LogP contribution < -0.4 is 0 Å². The van der Waals surface area contributed by atoms with Gasteiger partial charge in [0.1, 0.15) is 0 Å². The van der Waals surface area contributed by atoms with Gasteiger partial charge in [0.2, 0.25) is 5.84 Å². The van der Waals surface area contributed by atoms with Crippen LogP contribution in [0.15, 0.2) is 0 Å². The van der Waals surface area contributed by atoms with Gasteiger partial charge in [-0.1, -0.05) is 27.1 Å². The average Bonchev–Trinajstić information content (AvgIpc) is 1.30. The topological polar surface area (TPSA) is 36.4 Å². The van der Waals surface area contributed by atoms with Crippen LogP contribution in [0.25, 0.3) is 5.53 Å². The van der Waals surface area contributed by atoms with Gasteiger partial charge in [-0.3, -0.25) is 0 Å². The molecule has 0 aliphatic carbocycles. The van der Waals surface area contributed by atoms with Gasteiger partial charge in [0.05, 0.1) is 0 Å². The summed E-state index contributed by atoms with van der Waals surface area (Å²) in [6, 6.07) is 0. The average molecular weight is 130 g/mol. The van der Waals surface area contributed by atoms with Gasteiger partial charge >= 0.3 is 0 Å². The molecule has 0 aliphatic rings. The lowest BCUT2D eigenvalue weighted by Gasteiger charge is -1.95. The SMILES string of the molecule is C.C[Si](C)(C)C=[N+]=[N-]. The molecule has 0 aromatic carbocycles. The van der Waals surface area contributed by atoms with Crippen molar-refractivity contribution >= 4 is 13.9 Å². The second-order valence-electron chi connectivity index (χ2n) is 2.61. The Morgan fingerprint density at radius 2 is 1.75 bits per heavy atom. The van der Waals surface area contributed by atoms with Crippen molar-refractivity contribution in [2.75, 3.05) is 0 Å². The molecule has 0 saturated carbocycles. The molecule has 0 amide bonds. The summed E-state index contributed by atoms with van der Waals surface area (Å²) in [4.78, 5) is 2.94. The van der Waals surface area contributed by atoms with Crippen molar-refractivity contribution in [3.8, 4) is 0 Å². The molecule has 0 radical (unpaired) electrons. The molecule has 0 N–H and O–H groups in total. The molecule has 0 heterocycles. The minimum absolute atomic E-state index is 0. The first kappa shape index (κ1) is 10.6. The van der Waals surface area contributed by atoms with Crippen molar-refractivity contribution in [3.05, 3.63) is 5.53 Å². The molecule has 0 bridgehead atoms. The highest BCUT2D eigenvalue weighted by molar-refractivity contribution is 6.98. The van der Waals surface area contributed by atoms with Gasteiger partial charge in [0.25, 0.3) is 0 Å². The van der Waals surface area contributed by atoms with Crippen LogP contribution in [0.5, 0.6) is 0 Å². The van der Waals surface area contributed by atoms with Gasteiger partial charge in [-0.25, -0.2) is 0 Å². The highest BCUT2D eigenvalue weighted by atomic mass is 28.3. The molecule has 3 heteroatoms. The van der Waals surface area contributed by atoms with Gasteiger partial charge in [-0.15, -0.1) is 0 Å². The van der Waals surface area contributed by atoms with Crippen LogP contribution in [-0.2, 0) is 0 Å². The Hall–Kier alpha value is -0.403. The summed E-state index contributed by atoms with van der Waals surface area (Å²) < 4.78 is 0. The molecule has 0 saturated heterocycles. The van der Waals surface area contributed by atoms with Gasteiger partial charge in [0, 0.05) is 0 Å². The van der Waals surface area contributed by atoms with E-state index in [1.54, 1.807) is 5.84 Å². The quantitative estimate of drug-likeness (QED) is 0.225. The Balaban J connectivity index is 0. The van der Waals surface area contributed by atoms with Crippen LogP contribution >= 0.6 is 0 Å².